The lowest BCUT2D eigenvalue weighted by Gasteiger charge is -2.19. The van der Waals surface area contributed by atoms with Crippen molar-refractivity contribution < 1.29 is 9.53 Å². The molecule has 2 atom stereocenters. The molecule has 5 heteroatoms. The Labute approximate surface area is 118 Å². The molecule has 2 N–H and O–H groups in total. The first-order valence-electron chi connectivity index (χ1n) is 6.57. The standard InChI is InChI=1S/C14H19ClN2O2/c1-3-14(18)16-10-4-5-11(15)13(8-10)17-12-6-7-19-9(12)2/h4-5,8-9,12,17H,3,6-7H2,1-2H3,(H,16,18). The zero-order valence-corrected chi connectivity index (χ0v) is 12.0. The molecule has 1 saturated heterocycles. The number of hydrogen-bond donors (Lipinski definition) is 2. The Morgan fingerprint density at radius 2 is 2.32 bits per heavy atom. The summed E-state index contributed by atoms with van der Waals surface area (Å²) in [6.45, 7) is 4.63. The minimum atomic E-state index is -0.00848. The van der Waals surface area contributed by atoms with Gasteiger partial charge < -0.3 is 15.4 Å². The summed E-state index contributed by atoms with van der Waals surface area (Å²) in [5.74, 6) is -0.00848. The van der Waals surface area contributed by atoms with Gasteiger partial charge in [-0.2, -0.15) is 0 Å². The van der Waals surface area contributed by atoms with Crippen LogP contribution in [0, 0.1) is 0 Å². The van der Waals surface area contributed by atoms with Crippen LogP contribution < -0.4 is 10.6 Å². The van der Waals surface area contributed by atoms with E-state index in [0.29, 0.717) is 11.4 Å². The van der Waals surface area contributed by atoms with Gasteiger partial charge in [0.15, 0.2) is 0 Å². The van der Waals surface area contributed by atoms with E-state index in [-0.39, 0.29) is 18.1 Å². The van der Waals surface area contributed by atoms with Crippen molar-refractivity contribution in [2.45, 2.75) is 38.8 Å². The lowest BCUT2D eigenvalue weighted by Crippen LogP contribution is -2.26. The summed E-state index contributed by atoms with van der Waals surface area (Å²) in [5.41, 5.74) is 1.59. The average molecular weight is 283 g/mol. The molecule has 1 heterocycles. The summed E-state index contributed by atoms with van der Waals surface area (Å²) >= 11 is 6.18. The third-order valence-corrected chi connectivity index (χ3v) is 3.62. The number of anilines is 2. The molecule has 1 aromatic carbocycles. The predicted octanol–water partition coefficient (Wildman–Crippen LogP) is 3.28. The number of nitrogens with one attached hydrogen (secondary N) is 2. The van der Waals surface area contributed by atoms with Crippen molar-refractivity contribution in [1.29, 1.82) is 0 Å². The van der Waals surface area contributed by atoms with Crippen molar-refractivity contribution in [3.05, 3.63) is 23.2 Å². The molecule has 19 heavy (non-hydrogen) atoms. The van der Waals surface area contributed by atoms with Crippen LogP contribution in [-0.2, 0) is 9.53 Å². The van der Waals surface area contributed by atoms with Crippen molar-refractivity contribution in [2.24, 2.45) is 0 Å². The van der Waals surface area contributed by atoms with Gasteiger partial charge in [-0.3, -0.25) is 4.79 Å². The van der Waals surface area contributed by atoms with Gasteiger partial charge in [0.05, 0.1) is 22.9 Å². The Balaban J connectivity index is 2.10. The lowest BCUT2D eigenvalue weighted by atomic mass is 10.1. The number of amides is 1. The van der Waals surface area contributed by atoms with Crippen LogP contribution in [0.2, 0.25) is 5.02 Å². The fourth-order valence-electron chi connectivity index (χ4n) is 2.08. The zero-order chi connectivity index (χ0) is 13.8. The topological polar surface area (TPSA) is 50.4 Å². The van der Waals surface area contributed by atoms with Crippen molar-refractivity contribution >= 4 is 28.9 Å². The molecule has 104 valence electrons. The van der Waals surface area contributed by atoms with Gasteiger partial charge >= 0.3 is 0 Å². The summed E-state index contributed by atoms with van der Waals surface area (Å²) in [7, 11) is 0. The zero-order valence-electron chi connectivity index (χ0n) is 11.2. The minimum Gasteiger partial charge on any atom is -0.378 e. The van der Waals surface area contributed by atoms with Crippen LogP contribution >= 0.6 is 11.6 Å². The van der Waals surface area contributed by atoms with Crippen molar-refractivity contribution in [2.75, 3.05) is 17.2 Å². The first kappa shape index (κ1) is 14.2. The number of carbonyl (C=O) groups is 1. The molecule has 1 aliphatic heterocycles. The minimum absolute atomic E-state index is 0.00848. The molecule has 0 aliphatic carbocycles. The largest absolute Gasteiger partial charge is 0.378 e. The van der Waals surface area contributed by atoms with Gasteiger partial charge in [0.1, 0.15) is 0 Å². The van der Waals surface area contributed by atoms with Crippen molar-refractivity contribution in [3.8, 4) is 0 Å². The normalized spacial score (nSPS) is 22.3. The highest BCUT2D eigenvalue weighted by Crippen LogP contribution is 2.28. The van der Waals surface area contributed by atoms with Crippen LogP contribution in [0.15, 0.2) is 18.2 Å². The van der Waals surface area contributed by atoms with E-state index in [9.17, 15) is 4.79 Å². The Hall–Kier alpha value is -1.26. The summed E-state index contributed by atoms with van der Waals surface area (Å²) in [6.07, 6.45) is 1.59. The first-order chi connectivity index (χ1) is 9.10. The van der Waals surface area contributed by atoms with Crippen LogP contribution in [-0.4, -0.2) is 24.7 Å². The van der Waals surface area contributed by atoms with Gasteiger partial charge in [-0.05, 0) is 31.5 Å². The SMILES string of the molecule is CCC(=O)Nc1ccc(Cl)c(NC2CCOC2C)c1. The molecule has 1 fully saturated rings. The van der Waals surface area contributed by atoms with E-state index < -0.39 is 0 Å². The van der Waals surface area contributed by atoms with Gasteiger partial charge in [0.2, 0.25) is 5.91 Å². The molecular formula is C14H19ClN2O2. The highest BCUT2D eigenvalue weighted by molar-refractivity contribution is 6.33. The maximum Gasteiger partial charge on any atom is 0.224 e. The smallest absolute Gasteiger partial charge is 0.224 e. The highest BCUT2D eigenvalue weighted by atomic mass is 35.5. The number of ether oxygens (including phenoxy) is 1. The van der Waals surface area contributed by atoms with Gasteiger partial charge in [-0.25, -0.2) is 0 Å². The second-order valence-electron chi connectivity index (χ2n) is 4.71. The van der Waals surface area contributed by atoms with Gasteiger partial charge in [-0.1, -0.05) is 18.5 Å². The Kier molecular flexibility index (Phi) is 4.66. The lowest BCUT2D eigenvalue weighted by molar-refractivity contribution is -0.115. The van der Waals surface area contributed by atoms with E-state index in [0.717, 1.165) is 24.4 Å². The van der Waals surface area contributed by atoms with E-state index in [4.69, 9.17) is 16.3 Å². The van der Waals surface area contributed by atoms with E-state index in [1.54, 1.807) is 12.1 Å². The van der Waals surface area contributed by atoms with Gasteiger partial charge in [0.25, 0.3) is 0 Å². The Morgan fingerprint density at radius 3 is 2.95 bits per heavy atom. The molecular weight excluding hydrogens is 264 g/mol. The van der Waals surface area contributed by atoms with Crippen molar-refractivity contribution in [1.82, 2.24) is 0 Å². The number of carbonyl (C=O) groups excluding carboxylic acids is 1. The molecule has 0 aromatic heterocycles. The van der Waals surface area contributed by atoms with E-state index in [2.05, 4.69) is 10.6 Å². The third-order valence-electron chi connectivity index (χ3n) is 3.29. The molecule has 4 nitrogen and oxygen atoms in total. The van der Waals surface area contributed by atoms with Gasteiger partial charge in [-0.15, -0.1) is 0 Å². The maximum atomic E-state index is 11.4. The molecule has 0 saturated carbocycles. The van der Waals surface area contributed by atoms with E-state index in [1.807, 2.05) is 19.9 Å². The van der Waals surface area contributed by atoms with Crippen LogP contribution in [0.5, 0.6) is 0 Å². The molecule has 0 bridgehead atoms. The monoisotopic (exact) mass is 282 g/mol. The second-order valence-corrected chi connectivity index (χ2v) is 5.12. The number of halogens is 1. The molecule has 1 aliphatic rings. The quantitative estimate of drug-likeness (QED) is 0.891. The third kappa shape index (κ3) is 3.61. The summed E-state index contributed by atoms with van der Waals surface area (Å²) in [4.78, 5) is 11.4. The second kappa shape index (κ2) is 6.26. The van der Waals surface area contributed by atoms with E-state index in [1.165, 1.54) is 0 Å². The fourth-order valence-corrected chi connectivity index (χ4v) is 2.26. The number of benzene rings is 1. The number of rotatable bonds is 4. The summed E-state index contributed by atoms with van der Waals surface area (Å²) in [5, 5.41) is 6.86. The average Bonchev–Trinajstić information content (AvgIpc) is 2.79. The van der Waals surface area contributed by atoms with Crippen LogP contribution in [0.1, 0.15) is 26.7 Å². The predicted molar refractivity (Wildman–Crippen MR) is 77.8 cm³/mol. The molecule has 2 rings (SSSR count). The Morgan fingerprint density at radius 1 is 1.53 bits per heavy atom. The molecule has 1 aromatic rings. The first-order valence-corrected chi connectivity index (χ1v) is 6.95. The fraction of sp³-hybridized carbons (Fsp3) is 0.500. The van der Waals surface area contributed by atoms with Crippen LogP contribution in [0.25, 0.3) is 0 Å². The summed E-state index contributed by atoms with van der Waals surface area (Å²) < 4.78 is 5.51. The molecule has 0 radical (unpaired) electrons. The molecule has 1 amide bonds. The molecule has 2 unspecified atom stereocenters. The van der Waals surface area contributed by atoms with Crippen LogP contribution in [0.3, 0.4) is 0 Å². The maximum absolute atomic E-state index is 11.4. The van der Waals surface area contributed by atoms with Crippen LogP contribution in [0.4, 0.5) is 11.4 Å². The van der Waals surface area contributed by atoms with Crippen molar-refractivity contribution in [3.63, 3.8) is 0 Å². The van der Waals surface area contributed by atoms with Gasteiger partial charge in [0, 0.05) is 18.7 Å². The van der Waals surface area contributed by atoms with E-state index >= 15 is 0 Å². The number of hydrogen-bond acceptors (Lipinski definition) is 3. The Bertz CT molecular complexity index is 465. The highest BCUT2D eigenvalue weighted by Gasteiger charge is 2.24. The summed E-state index contributed by atoms with van der Waals surface area (Å²) in [6, 6.07) is 5.71. The molecule has 0 spiro atoms.